The number of hydrogen-bond donors (Lipinski definition) is 1. The van der Waals surface area contributed by atoms with Crippen molar-refractivity contribution in [1.29, 1.82) is 0 Å². The van der Waals surface area contributed by atoms with Gasteiger partial charge in [-0.3, -0.25) is 0 Å². The fourth-order valence-corrected chi connectivity index (χ4v) is 3.19. The maximum atomic E-state index is 6.26. The Morgan fingerprint density at radius 1 is 1.07 bits per heavy atom. The summed E-state index contributed by atoms with van der Waals surface area (Å²) in [6.45, 7) is 9.25. The molecular formula is C24H31N3O3. The predicted molar refractivity (Wildman–Crippen MR) is 118 cm³/mol. The third kappa shape index (κ3) is 5.08. The van der Waals surface area contributed by atoms with Crippen LogP contribution in [-0.2, 0) is 21.6 Å². The largest absolute Gasteiger partial charge is 0.439 e. The lowest BCUT2D eigenvalue weighted by molar-refractivity contribution is -0.124. The molecule has 0 saturated carbocycles. The zero-order valence-electron chi connectivity index (χ0n) is 18.4. The van der Waals surface area contributed by atoms with E-state index in [9.17, 15) is 0 Å². The zero-order chi connectivity index (χ0) is 21.7. The van der Waals surface area contributed by atoms with Gasteiger partial charge in [-0.1, -0.05) is 30.3 Å². The van der Waals surface area contributed by atoms with Crippen LogP contribution >= 0.6 is 0 Å². The molecule has 0 saturated heterocycles. The molecule has 0 radical (unpaired) electrons. The number of rotatable bonds is 9. The number of nitrogens with two attached hydrogens (primary N) is 1. The summed E-state index contributed by atoms with van der Waals surface area (Å²) in [6, 6.07) is 17.8. The molecule has 0 aliphatic carbocycles. The van der Waals surface area contributed by atoms with Crippen molar-refractivity contribution in [2.45, 2.75) is 46.1 Å². The van der Waals surface area contributed by atoms with Crippen LogP contribution in [0.2, 0.25) is 0 Å². The first kappa shape index (κ1) is 22.0. The molecule has 6 heteroatoms. The molecule has 3 rings (SSSR count). The van der Waals surface area contributed by atoms with E-state index in [-0.39, 0.29) is 6.29 Å². The van der Waals surface area contributed by atoms with Gasteiger partial charge >= 0.3 is 0 Å². The molecule has 1 heterocycles. The lowest BCUT2D eigenvalue weighted by Gasteiger charge is -2.19. The second-order valence-corrected chi connectivity index (χ2v) is 7.68. The molecule has 0 aliphatic heterocycles. The first-order valence-electron chi connectivity index (χ1n) is 10.3. The summed E-state index contributed by atoms with van der Waals surface area (Å²) in [5, 5.41) is 4.71. The molecule has 1 atom stereocenters. The predicted octanol–water partition coefficient (Wildman–Crippen LogP) is 5.24. The van der Waals surface area contributed by atoms with Crippen LogP contribution in [0.15, 0.2) is 54.6 Å². The van der Waals surface area contributed by atoms with Crippen molar-refractivity contribution in [2.75, 3.05) is 13.7 Å². The Hall–Kier alpha value is -2.67. The van der Waals surface area contributed by atoms with E-state index in [1.54, 1.807) is 7.11 Å². The SMILES string of the molecule is CCOC(OC)c1ccc(Oc2cc(-c3cccc(C(C)(C)N)c3)nn2CC)cc1. The summed E-state index contributed by atoms with van der Waals surface area (Å²) in [6.07, 6.45) is -0.379. The van der Waals surface area contributed by atoms with E-state index in [2.05, 4.69) is 6.07 Å². The molecule has 2 aromatic carbocycles. The van der Waals surface area contributed by atoms with Crippen LogP contribution in [0, 0.1) is 0 Å². The topological polar surface area (TPSA) is 71.5 Å². The van der Waals surface area contributed by atoms with E-state index >= 15 is 0 Å². The molecule has 0 aliphatic rings. The lowest BCUT2D eigenvalue weighted by atomic mass is 9.93. The van der Waals surface area contributed by atoms with Gasteiger partial charge in [-0.2, -0.15) is 5.10 Å². The zero-order valence-corrected chi connectivity index (χ0v) is 18.4. The second-order valence-electron chi connectivity index (χ2n) is 7.68. The third-order valence-electron chi connectivity index (χ3n) is 4.85. The van der Waals surface area contributed by atoms with Gasteiger partial charge in [0.1, 0.15) is 5.75 Å². The highest BCUT2D eigenvalue weighted by molar-refractivity contribution is 5.62. The summed E-state index contributed by atoms with van der Waals surface area (Å²) in [4.78, 5) is 0. The van der Waals surface area contributed by atoms with Crippen LogP contribution in [-0.4, -0.2) is 23.5 Å². The van der Waals surface area contributed by atoms with Crippen LogP contribution in [0.25, 0.3) is 11.3 Å². The van der Waals surface area contributed by atoms with Gasteiger partial charge in [-0.15, -0.1) is 0 Å². The molecule has 160 valence electrons. The Balaban J connectivity index is 1.84. The average Bonchev–Trinajstić information content (AvgIpc) is 3.15. The molecule has 0 bridgehead atoms. The van der Waals surface area contributed by atoms with Gasteiger partial charge in [0.15, 0.2) is 6.29 Å². The number of hydrogen-bond acceptors (Lipinski definition) is 5. The molecule has 1 unspecified atom stereocenters. The monoisotopic (exact) mass is 409 g/mol. The van der Waals surface area contributed by atoms with Gasteiger partial charge in [-0.05, 0) is 51.5 Å². The molecule has 1 aromatic heterocycles. The number of benzene rings is 2. The number of nitrogens with zero attached hydrogens (tertiary/aromatic N) is 2. The van der Waals surface area contributed by atoms with E-state index in [4.69, 9.17) is 25.0 Å². The van der Waals surface area contributed by atoms with Crippen molar-refractivity contribution in [3.8, 4) is 22.9 Å². The van der Waals surface area contributed by atoms with Crippen LogP contribution in [0.4, 0.5) is 0 Å². The summed E-state index contributed by atoms with van der Waals surface area (Å²) < 4.78 is 18.9. The summed E-state index contributed by atoms with van der Waals surface area (Å²) >= 11 is 0. The fourth-order valence-electron chi connectivity index (χ4n) is 3.19. The molecular weight excluding hydrogens is 378 g/mol. The maximum Gasteiger partial charge on any atom is 0.218 e. The third-order valence-corrected chi connectivity index (χ3v) is 4.85. The highest BCUT2D eigenvalue weighted by atomic mass is 16.7. The summed E-state index contributed by atoms with van der Waals surface area (Å²) in [5.41, 5.74) is 9.72. The number of aromatic nitrogens is 2. The van der Waals surface area contributed by atoms with E-state index in [1.807, 2.05) is 80.9 Å². The van der Waals surface area contributed by atoms with Gasteiger partial charge in [0, 0.05) is 43.0 Å². The molecule has 0 fully saturated rings. The quantitative estimate of drug-likeness (QED) is 0.490. The van der Waals surface area contributed by atoms with Crippen molar-refractivity contribution in [3.05, 3.63) is 65.7 Å². The van der Waals surface area contributed by atoms with Gasteiger partial charge in [0.2, 0.25) is 5.88 Å². The average molecular weight is 410 g/mol. The van der Waals surface area contributed by atoms with Crippen LogP contribution in [0.3, 0.4) is 0 Å². The number of methoxy groups -OCH3 is 1. The van der Waals surface area contributed by atoms with Crippen molar-refractivity contribution >= 4 is 0 Å². The highest BCUT2D eigenvalue weighted by Gasteiger charge is 2.17. The number of aryl methyl sites for hydroxylation is 1. The number of ether oxygens (including phenoxy) is 3. The minimum Gasteiger partial charge on any atom is -0.439 e. The molecule has 3 aromatic rings. The van der Waals surface area contributed by atoms with Gasteiger partial charge in [0.05, 0.1) is 5.69 Å². The molecule has 30 heavy (non-hydrogen) atoms. The first-order valence-corrected chi connectivity index (χ1v) is 10.3. The van der Waals surface area contributed by atoms with Crippen LogP contribution in [0.5, 0.6) is 11.6 Å². The Morgan fingerprint density at radius 2 is 1.80 bits per heavy atom. The van der Waals surface area contributed by atoms with Crippen LogP contribution < -0.4 is 10.5 Å². The van der Waals surface area contributed by atoms with Gasteiger partial charge < -0.3 is 19.9 Å². The lowest BCUT2D eigenvalue weighted by Crippen LogP contribution is -2.28. The van der Waals surface area contributed by atoms with E-state index in [0.29, 0.717) is 19.0 Å². The molecule has 2 N–H and O–H groups in total. The van der Waals surface area contributed by atoms with E-state index in [0.717, 1.165) is 28.1 Å². The minimum absolute atomic E-state index is 0.379. The maximum absolute atomic E-state index is 6.26. The van der Waals surface area contributed by atoms with Crippen molar-refractivity contribution in [1.82, 2.24) is 9.78 Å². The van der Waals surface area contributed by atoms with E-state index in [1.165, 1.54) is 0 Å². The summed E-state index contributed by atoms with van der Waals surface area (Å²) in [7, 11) is 1.63. The second kappa shape index (κ2) is 9.43. The van der Waals surface area contributed by atoms with Crippen LogP contribution in [0.1, 0.15) is 45.1 Å². The standard InChI is InChI=1S/C24H31N3O3/c1-6-27-22(30-20-13-11-17(12-14-20)23(28-5)29-7-2)16-21(26-27)18-9-8-10-19(15-18)24(3,4)25/h8-16,23H,6-7,25H2,1-5H3. The fraction of sp³-hybridized carbons (Fsp3) is 0.375. The van der Waals surface area contributed by atoms with Crippen molar-refractivity contribution < 1.29 is 14.2 Å². The Labute approximate surface area is 178 Å². The molecule has 0 amide bonds. The summed E-state index contributed by atoms with van der Waals surface area (Å²) in [5.74, 6) is 1.41. The smallest absolute Gasteiger partial charge is 0.218 e. The van der Waals surface area contributed by atoms with Gasteiger partial charge in [0.25, 0.3) is 0 Å². The Morgan fingerprint density at radius 3 is 2.40 bits per heavy atom. The van der Waals surface area contributed by atoms with Gasteiger partial charge in [-0.25, -0.2) is 4.68 Å². The Bertz CT molecular complexity index is 959. The Kier molecular flexibility index (Phi) is 6.92. The van der Waals surface area contributed by atoms with E-state index < -0.39 is 5.54 Å². The normalized spacial score (nSPS) is 12.7. The first-order chi connectivity index (χ1) is 14.4. The molecule has 0 spiro atoms. The minimum atomic E-state index is -0.411. The molecule has 6 nitrogen and oxygen atoms in total. The van der Waals surface area contributed by atoms with Crippen molar-refractivity contribution in [3.63, 3.8) is 0 Å². The highest BCUT2D eigenvalue weighted by Crippen LogP contribution is 2.30. The van der Waals surface area contributed by atoms with Crippen molar-refractivity contribution in [2.24, 2.45) is 5.73 Å².